The summed E-state index contributed by atoms with van der Waals surface area (Å²) in [5.41, 5.74) is 0.655. The second kappa shape index (κ2) is 8.94. The van der Waals surface area contributed by atoms with Crippen molar-refractivity contribution in [2.24, 2.45) is 5.92 Å². The summed E-state index contributed by atoms with van der Waals surface area (Å²) in [5.74, 6) is -0.841. The molecule has 0 spiro atoms. The Morgan fingerprint density at radius 2 is 1.85 bits per heavy atom. The van der Waals surface area contributed by atoms with E-state index in [1.54, 1.807) is 0 Å². The van der Waals surface area contributed by atoms with Gasteiger partial charge in [0, 0.05) is 6.07 Å². The fourth-order valence-electron chi connectivity index (χ4n) is 2.50. The van der Waals surface area contributed by atoms with Gasteiger partial charge in [0.1, 0.15) is 11.7 Å². The largest absolute Gasteiger partial charge is 0.467 e. The van der Waals surface area contributed by atoms with Gasteiger partial charge >= 0.3 is 5.97 Å². The molecule has 1 heterocycles. The first-order valence-electron chi connectivity index (χ1n) is 8.41. The lowest BCUT2D eigenvalue weighted by Crippen LogP contribution is -2.43. The van der Waals surface area contributed by atoms with Crippen LogP contribution in [0.2, 0.25) is 0 Å². The summed E-state index contributed by atoms with van der Waals surface area (Å²) in [6.45, 7) is 4.15. The van der Waals surface area contributed by atoms with Gasteiger partial charge in [-0.05, 0) is 24.0 Å². The van der Waals surface area contributed by atoms with E-state index >= 15 is 0 Å². The molecule has 1 amide bonds. The van der Waals surface area contributed by atoms with E-state index in [2.05, 4.69) is 10.4 Å². The maximum absolute atomic E-state index is 12.5. The van der Waals surface area contributed by atoms with Gasteiger partial charge in [-0.3, -0.25) is 9.59 Å². The van der Waals surface area contributed by atoms with Crippen LogP contribution in [0.15, 0.2) is 47.3 Å². The van der Waals surface area contributed by atoms with Crippen LogP contribution in [-0.4, -0.2) is 34.8 Å². The van der Waals surface area contributed by atoms with Crippen LogP contribution in [0.3, 0.4) is 0 Å². The molecule has 0 bridgehead atoms. The molecule has 7 nitrogen and oxygen atoms in total. The second-order valence-electron chi connectivity index (χ2n) is 6.38. The van der Waals surface area contributed by atoms with Gasteiger partial charge < -0.3 is 10.1 Å². The zero-order valence-corrected chi connectivity index (χ0v) is 15.1. The number of hydrogen-bond acceptors (Lipinski definition) is 5. The van der Waals surface area contributed by atoms with E-state index in [1.165, 1.54) is 23.9 Å². The van der Waals surface area contributed by atoms with Crippen LogP contribution in [0.4, 0.5) is 0 Å². The molecule has 0 fully saturated rings. The Hall–Kier alpha value is -2.96. The Morgan fingerprint density at radius 1 is 1.15 bits per heavy atom. The first-order valence-corrected chi connectivity index (χ1v) is 8.41. The number of carbonyl (C=O) groups is 2. The molecule has 0 aliphatic rings. The summed E-state index contributed by atoms with van der Waals surface area (Å²) >= 11 is 0. The number of nitrogens with one attached hydrogen (secondary N) is 1. The minimum atomic E-state index is -0.760. The number of carbonyl (C=O) groups excluding carboxylic acids is 2. The standard InChI is InChI=1S/C19H23N3O4/c1-13(2)11-16(19(25)26-3)20-18(24)15-9-10-17(23)22(21-15)12-14-7-5-4-6-8-14/h4-10,13,16H,11-12H2,1-3H3,(H,20,24)/t16-/m0/s1. The van der Waals surface area contributed by atoms with Crippen LogP contribution in [0.5, 0.6) is 0 Å². The van der Waals surface area contributed by atoms with E-state index in [0.29, 0.717) is 6.42 Å². The molecule has 2 aromatic rings. The second-order valence-corrected chi connectivity index (χ2v) is 6.38. The normalized spacial score (nSPS) is 11.8. The highest BCUT2D eigenvalue weighted by Gasteiger charge is 2.24. The van der Waals surface area contributed by atoms with E-state index in [9.17, 15) is 14.4 Å². The molecule has 0 saturated carbocycles. The maximum Gasteiger partial charge on any atom is 0.328 e. The zero-order valence-electron chi connectivity index (χ0n) is 15.1. The number of esters is 1. The lowest BCUT2D eigenvalue weighted by atomic mass is 10.0. The smallest absolute Gasteiger partial charge is 0.328 e. The van der Waals surface area contributed by atoms with Crippen LogP contribution in [0.1, 0.15) is 36.3 Å². The molecular weight excluding hydrogens is 334 g/mol. The molecule has 2 rings (SSSR count). The van der Waals surface area contributed by atoms with Gasteiger partial charge in [-0.15, -0.1) is 0 Å². The molecule has 1 atom stereocenters. The number of rotatable bonds is 7. The highest BCUT2D eigenvalue weighted by atomic mass is 16.5. The zero-order chi connectivity index (χ0) is 19.1. The average molecular weight is 357 g/mol. The first kappa shape index (κ1) is 19.4. The quantitative estimate of drug-likeness (QED) is 0.760. The topological polar surface area (TPSA) is 90.3 Å². The van der Waals surface area contributed by atoms with Gasteiger partial charge in [-0.25, -0.2) is 9.48 Å². The predicted molar refractivity (Wildman–Crippen MR) is 96.8 cm³/mol. The average Bonchev–Trinajstić information content (AvgIpc) is 2.62. The minimum Gasteiger partial charge on any atom is -0.467 e. The van der Waals surface area contributed by atoms with Crippen LogP contribution in [-0.2, 0) is 16.1 Å². The molecule has 0 radical (unpaired) electrons. The molecule has 138 valence electrons. The van der Waals surface area contributed by atoms with E-state index < -0.39 is 17.9 Å². The van der Waals surface area contributed by atoms with Crippen LogP contribution >= 0.6 is 0 Å². The fraction of sp³-hybridized carbons (Fsp3) is 0.368. The Labute approximate surface area is 152 Å². The summed E-state index contributed by atoms with van der Waals surface area (Å²) in [6.07, 6.45) is 0.446. The Balaban J connectivity index is 2.19. The minimum absolute atomic E-state index is 0.0678. The molecule has 1 aromatic heterocycles. The highest BCUT2D eigenvalue weighted by molar-refractivity contribution is 5.95. The van der Waals surface area contributed by atoms with Gasteiger partial charge in [0.15, 0.2) is 0 Å². The summed E-state index contributed by atoms with van der Waals surface area (Å²) in [5, 5.41) is 6.76. The van der Waals surface area contributed by atoms with Crippen molar-refractivity contribution in [3.8, 4) is 0 Å². The number of ether oxygens (including phenoxy) is 1. The summed E-state index contributed by atoms with van der Waals surface area (Å²) in [6, 6.07) is 11.2. The SMILES string of the molecule is COC(=O)[C@H](CC(C)C)NC(=O)c1ccc(=O)n(Cc2ccccc2)n1. The summed E-state index contributed by atoms with van der Waals surface area (Å²) in [4.78, 5) is 36.4. The Kier molecular flexibility index (Phi) is 6.66. The number of aromatic nitrogens is 2. The monoisotopic (exact) mass is 357 g/mol. The molecule has 0 aliphatic heterocycles. The third-order valence-electron chi connectivity index (χ3n) is 3.77. The van der Waals surface area contributed by atoms with Crippen molar-refractivity contribution in [3.05, 3.63) is 64.1 Å². The van der Waals surface area contributed by atoms with Crippen molar-refractivity contribution >= 4 is 11.9 Å². The van der Waals surface area contributed by atoms with Gasteiger partial charge in [0.25, 0.3) is 11.5 Å². The van der Waals surface area contributed by atoms with Gasteiger partial charge in [0.2, 0.25) is 0 Å². The van der Waals surface area contributed by atoms with E-state index in [4.69, 9.17) is 4.74 Å². The van der Waals surface area contributed by atoms with Gasteiger partial charge in [-0.1, -0.05) is 44.2 Å². The third kappa shape index (κ3) is 5.27. The molecule has 7 heteroatoms. The number of benzene rings is 1. The van der Waals surface area contributed by atoms with Gasteiger partial charge in [-0.2, -0.15) is 5.10 Å². The molecule has 0 unspecified atom stereocenters. The molecule has 26 heavy (non-hydrogen) atoms. The summed E-state index contributed by atoms with van der Waals surface area (Å²) < 4.78 is 5.96. The number of hydrogen-bond donors (Lipinski definition) is 1. The maximum atomic E-state index is 12.5. The van der Waals surface area contributed by atoms with Crippen LogP contribution < -0.4 is 10.9 Å². The highest BCUT2D eigenvalue weighted by Crippen LogP contribution is 2.07. The van der Waals surface area contributed by atoms with E-state index in [1.807, 2.05) is 44.2 Å². The van der Waals surface area contributed by atoms with Crippen molar-refractivity contribution in [2.75, 3.05) is 7.11 Å². The van der Waals surface area contributed by atoms with E-state index in [0.717, 1.165) is 5.56 Å². The lowest BCUT2D eigenvalue weighted by molar-refractivity contribution is -0.143. The molecule has 0 saturated heterocycles. The van der Waals surface area contributed by atoms with Crippen molar-refractivity contribution in [3.63, 3.8) is 0 Å². The molecule has 1 N–H and O–H groups in total. The number of methoxy groups -OCH3 is 1. The Morgan fingerprint density at radius 3 is 2.46 bits per heavy atom. The molecule has 1 aromatic carbocycles. The fourth-order valence-corrected chi connectivity index (χ4v) is 2.50. The first-order chi connectivity index (χ1) is 12.4. The molecular formula is C19H23N3O4. The van der Waals surface area contributed by atoms with E-state index in [-0.39, 0.29) is 23.7 Å². The third-order valence-corrected chi connectivity index (χ3v) is 3.77. The van der Waals surface area contributed by atoms with Gasteiger partial charge in [0.05, 0.1) is 13.7 Å². The predicted octanol–water partition coefficient (Wildman–Crippen LogP) is 1.61. The van der Waals surface area contributed by atoms with Crippen LogP contribution in [0, 0.1) is 5.92 Å². The molecule has 0 aliphatic carbocycles. The van der Waals surface area contributed by atoms with Crippen molar-refractivity contribution in [2.45, 2.75) is 32.9 Å². The lowest BCUT2D eigenvalue weighted by Gasteiger charge is -2.18. The van der Waals surface area contributed by atoms with Crippen molar-refractivity contribution < 1.29 is 14.3 Å². The number of nitrogens with zero attached hydrogens (tertiary/aromatic N) is 2. The number of amides is 1. The van der Waals surface area contributed by atoms with Crippen LogP contribution in [0.25, 0.3) is 0 Å². The van der Waals surface area contributed by atoms with Crippen molar-refractivity contribution in [1.29, 1.82) is 0 Å². The Bertz CT molecular complexity index is 815. The summed E-state index contributed by atoms with van der Waals surface area (Å²) in [7, 11) is 1.28. The van der Waals surface area contributed by atoms with Crippen molar-refractivity contribution in [1.82, 2.24) is 15.1 Å².